The molecule has 4 rings (SSSR count). The maximum atomic E-state index is 12.7. The lowest BCUT2D eigenvalue weighted by Crippen LogP contribution is -2.43. The van der Waals surface area contributed by atoms with E-state index in [1.807, 2.05) is 6.92 Å². The molecule has 3 N–H and O–H groups in total. The quantitative estimate of drug-likeness (QED) is 0.156. The molecule has 30 heavy (non-hydrogen) atoms. The number of rotatable bonds is 7. The predicted molar refractivity (Wildman–Crippen MR) is 128 cm³/mol. The molecule has 2 amide bonds. The van der Waals surface area contributed by atoms with Crippen LogP contribution in [0, 0.1) is 23.7 Å². The van der Waals surface area contributed by atoms with E-state index in [9.17, 15) is 14.7 Å². The Bertz CT molecular complexity index is 831. The Hall–Kier alpha value is -1.17. The molecule has 1 aromatic rings. The number of carbonyl (C=O) groups is 2. The Labute approximate surface area is 202 Å². The lowest BCUT2D eigenvalue weighted by Gasteiger charge is -2.18. The summed E-state index contributed by atoms with van der Waals surface area (Å²) in [5.74, 6) is 0.599. The number of halogens is 2. The second-order valence-corrected chi connectivity index (χ2v) is 9.38. The molecule has 2 aliphatic carbocycles. The second kappa shape index (κ2) is 9.97. The second-order valence-electron chi connectivity index (χ2n) is 7.63. The smallest absolute Gasteiger partial charge is 0.233 e. The van der Waals surface area contributed by atoms with E-state index in [2.05, 4.69) is 27.8 Å². The van der Waals surface area contributed by atoms with Crippen LogP contribution < -0.4 is 10.6 Å². The topological polar surface area (TPSA) is 94.0 Å². The van der Waals surface area contributed by atoms with E-state index in [1.54, 1.807) is 12.1 Å². The Kier molecular flexibility index (Phi) is 7.81. The van der Waals surface area contributed by atoms with Gasteiger partial charge in [-0.25, -0.2) is 0 Å². The Morgan fingerprint density at radius 2 is 1.93 bits per heavy atom. The van der Waals surface area contributed by atoms with Gasteiger partial charge in [0.2, 0.25) is 11.8 Å². The first kappa shape index (κ1) is 23.5. The predicted octanol–water partition coefficient (Wildman–Crippen LogP) is 2.42. The van der Waals surface area contributed by atoms with Gasteiger partial charge in [0.25, 0.3) is 0 Å². The third-order valence-corrected chi connectivity index (χ3v) is 7.21. The number of guanidine groups is 1. The van der Waals surface area contributed by atoms with Crippen molar-refractivity contribution in [2.75, 3.05) is 26.2 Å². The molecular weight excluding hydrogens is 539 g/mol. The highest BCUT2D eigenvalue weighted by molar-refractivity contribution is 14.0. The number of carbonyl (C=O) groups excluding carboxylic acids is 2. The van der Waals surface area contributed by atoms with Gasteiger partial charge in [0.05, 0.1) is 22.7 Å². The van der Waals surface area contributed by atoms with Crippen LogP contribution in [-0.2, 0) is 9.59 Å². The number of aliphatic hydroxyl groups excluding tert-OH is 1. The van der Waals surface area contributed by atoms with Crippen LogP contribution >= 0.6 is 46.9 Å². The molecule has 3 aliphatic rings. The molecule has 1 saturated heterocycles. The van der Waals surface area contributed by atoms with Gasteiger partial charge < -0.3 is 15.7 Å². The zero-order valence-corrected chi connectivity index (χ0v) is 20.5. The van der Waals surface area contributed by atoms with Gasteiger partial charge in [-0.1, -0.05) is 23.8 Å². The zero-order valence-electron chi connectivity index (χ0n) is 16.6. The summed E-state index contributed by atoms with van der Waals surface area (Å²) in [7, 11) is 0. The zero-order chi connectivity index (χ0) is 20.5. The van der Waals surface area contributed by atoms with E-state index in [0.29, 0.717) is 29.9 Å². The van der Waals surface area contributed by atoms with Crippen molar-refractivity contribution in [3.63, 3.8) is 0 Å². The molecule has 10 heteroatoms. The van der Waals surface area contributed by atoms with Crippen molar-refractivity contribution < 1.29 is 14.7 Å². The third-order valence-electron chi connectivity index (χ3n) is 5.88. The Morgan fingerprint density at radius 1 is 1.27 bits per heavy atom. The molecule has 0 spiro atoms. The van der Waals surface area contributed by atoms with Gasteiger partial charge in [0, 0.05) is 24.5 Å². The van der Waals surface area contributed by atoms with Crippen molar-refractivity contribution in [1.29, 1.82) is 0 Å². The minimum atomic E-state index is -0.730. The van der Waals surface area contributed by atoms with E-state index in [-0.39, 0.29) is 66.0 Å². The normalized spacial score (nSPS) is 28.0. The highest BCUT2D eigenvalue weighted by atomic mass is 127. The van der Waals surface area contributed by atoms with Gasteiger partial charge in [0.15, 0.2) is 5.96 Å². The maximum Gasteiger partial charge on any atom is 0.233 e. The fourth-order valence-corrected chi connectivity index (χ4v) is 5.63. The van der Waals surface area contributed by atoms with Crippen molar-refractivity contribution in [2.45, 2.75) is 19.4 Å². The number of aliphatic imine (C=N–C) groups is 1. The highest BCUT2D eigenvalue weighted by Gasteiger charge is 2.58. The average Bonchev–Trinajstić information content (AvgIpc) is 3.46. The average molecular weight is 565 g/mol. The summed E-state index contributed by atoms with van der Waals surface area (Å²) in [6, 6.07) is 3.54. The minimum Gasteiger partial charge on any atom is -0.386 e. The molecule has 5 atom stereocenters. The standard InChI is InChI=1S/C20H25ClN4O3S.HI/c1-2-22-20(24-10-13(26)14-5-6-15(21)29-14)23-7-8-25-18(27)16-11-3-4-12(9-11)17(16)19(25)28;/h3-6,11-13,16-17,26H,2,7-10H2,1H3,(H2,22,23,24);1H. The number of allylic oxidation sites excluding steroid dienone is 2. The first-order valence-electron chi connectivity index (χ1n) is 9.98. The van der Waals surface area contributed by atoms with Crippen LogP contribution in [0.4, 0.5) is 0 Å². The molecule has 2 heterocycles. The largest absolute Gasteiger partial charge is 0.386 e. The molecule has 164 valence electrons. The molecular formula is C20H26ClIN4O3S. The number of hydrogen-bond donors (Lipinski definition) is 3. The summed E-state index contributed by atoms with van der Waals surface area (Å²) < 4.78 is 0.626. The molecule has 1 aliphatic heterocycles. The number of likely N-dealkylation sites (tertiary alicyclic amines) is 1. The number of aliphatic hydroxyl groups is 1. The third kappa shape index (κ3) is 4.53. The summed E-state index contributed by atoms with van der Waals surface area (Å²) in [5, 5.41) is 16.5. The molecule has 5 unspecified atom stereocenters. The van der Waals surface area contributed by atoms with Gasteiger partial charge in [0.1, 0.15) is 6.10 Å². The highest BCUT2D eigenvalue weighted by Crippen LogP contribution is 2.52. The first-order valence-corrected chi connectivity index (χ1v) is 11.2. The van der Waals surface area contributed by atoms with E-state index in [4.69, 9.17) is 11.6 Å². The maximum absolute atomic E-state index is 12.7. The molecule has 1 saturated carbocycles. The van der Waals surface area contributed by atoms with Crippen LogP contribution in [0.25, 0.3) is 0 Å². The van der Waals surface area contributed by atoms with Gasteiger partial charge in [-0.05, 0) is 37.3 Å². The molecule has 2 fully saturated rings. The Morgan fingerprint density at radius 3 is 2.50 bits per heavy atom. The van der Waals surface area contributed by atoms with Crippen molar-refractivity contribution in [2.24, 2.45) is 28.7 Å². The minimum absolute atomic E-state index is 0. The lowest BCUT2D eigenvalue weighted by atomic mass is 9.85. The van der Waals surface area contributed by atoms with Crippen LogP contribution in [0.1, 0.15) is 24.3 Å². The first-order chi connectivity index (χ1) is 14.0. The molecule has 7 nitrogen and oxygen atoms in total. The Balaban J connectivity index is 0.00000256. The van der Waals surface area contributed by atoms with E-state index in [0.717, 1.165) is 11.3 Å². The van der Waals surface area contributed by atoms with Crippen molar-refractivity contribution in [3.8, 4) is 0 Å². The van der Waals surface area contributed by atoms with Gasteiger partial charge in [-0.15, -0.1) is 35.3 Å². The van der Waals surface area contributed by atoms with Crippen molar-refractivity contribution in [3.05, 3.63) is 33.5 Å². The van der Waals surface area contributed by atoms with Gasteiger partial charge >= 0.3 is 0 Å². The van der Waals surface area contributed by atoms with E-state index >= 15 is 0 Å². The summed E-state index contributed by atoms with van der Waals surface area (Å²) in [6.45, 7) is 3.52. The van der Waals surface area contributed by atoms with E-state index < -0.39 is 6.10 Å². The van der Waals surface area contributed by atoms with Crippen molar-refractivity contribution >= 4 is 64.7 Å². The lowest BCUT2D eigenvalue weighted by molar-refractivity contribution is -0.140. The SMILES string of the molecule is CCNC(=NCC(O)c1ccc(Cl)s1)NCCN1C(=O)C2C3C=CC(C3)C2C1=O.I. The summed E-state index contributed by atoms with van der Waals surface area (Å²) in [6.07, 6.45) is 4.40. The molecule has 2 bridgehead atoms. The molecule has 0 radical (unpaired) electrons. The monoisotopic (exact) mass is 564 g/mol. The van der Waals surface area contributed by atoms with E-state index in [1.165, 1.54) is 16.2 Å². The fraction of sp³-hybridized carbons (Fsp3) is 0.550. The summed E-state index contributed by atoms with van der Waals surface area (Å²) >= 11 is 7.24. The van der Waals surface area contributed by atoms with Gasteiger partial charge in [-0.2, -0.15) is 0 Å². The van der Waals surface area contributed by atoms with Crippen LogP contribution in [0.3, 0.4) is 0 Å². The summed E-state index contributed by atoms with van der Waals surface area (Å²) in [4.78, 5) is 32.0. The number of amides is 2. The molecule has 1 aromatic heterocycles. The number of fused-ring (bicyclic) bond motifs is 5. The van der Waals surface area contributed by atoms with Crippen LogP contribution in [-0.4, -0.2) is 54.0 Å². The van der Waals surface area contributed by atoms with Crippen LogP contribution in [0.5, 0.6) is 0 Å². The van der Waals surface area contributed by atoms with Crippen LogP contribution in [0.2, 0.25) is 4.34 Å². The number of nitrogens with one attached hydrogen (secondary N) is 2. The number of nitrogens with zero attached hydrogens (tertiary/aromatic N) is 2. The summed E-state index contributed by atoms with van der Waals surface area (Å²) in [5.41, 5.74) is 0. The van der Waals surface area contributed by atoms with Crippen LogP contribution in [0.15, 0.2) is 29.3 Å². The number of hydrogen-bond acceptors (Lipinski definition) is 5. The fourth-order valence-electron chi connectivity index (χ4n) is 4.59. The number of imide groups is 1. The number of thiophene rings is 1. The van der Waals surface area contributed by atoms with Crippen molar-refractivity contribution in [1.82, 2.24) is 15.5 Å². The molecule has 0 aromatic carbocycles. The van der Waals surface area contributed by atoms with Gasteiger partial charge in [-0.3, -0.25) is 19.5 Å².